The molecule has 0 aliphatic carbocycles. The first kappa shape index (κ1) is 11.5. The molecule has 1 aliphatic rings. The summed E-state index contributed by atoms with van der Waals surface area (Å²) in [5, 5.41) is 0. The highest BCUT2D eigenvalue weighted by atomic mass is 16.1. The topological polar surface area (TPSA) is 72.4 Å². The summed E-state index contributed by atoms with van der Waals surface area (Å²) in [7, 11) is 0. The van der Waals surface area contributed by atoms with Crippen LogP contribution in [-0.4, -0.2) is 35.5 Å². The van der Waals surface area contributed by atoms with Crippen LogP contribution in [0.3, 0.4) is 0 Å². The standard InChI is InChI=1S/C10H21N3O/c1-4-8(9(11)14)13-5-10(12,6-13)7(2)3/h7-8H,4-6,12H2,1-3H3,(H2,11,14). The van der Waals surface area contributed by atoms with Crippen molar-refractivity contribution in [2.24, 2.45) is 17.4 Å². The molecule has 0 saturated carbocycles. The molecule has 1 unspecified atom stereocenters. The minimum atomic E-state index is -0.238. The maximum Gasteiger partial charge on any atom is 0.234 e. The van der Waals surface area contributed by atoms with Gasteiger partial charge in [-0.05, 0) is 12.3 Å². The summed E-state index contributed by atoms with van der Waals surface area (Å²) in [6.07, 6.45) is 0.767. The molecule has 0 spiro atoms. The zero-order valence-electron chi connectivity index (χ0n) is 9.29. The summed E-state index contributed by atoms with van der Waals surface area (Å²) in [6.45, 7) is 7.77. The second-order valence-corrected chi connectivity index (χ2v) is 4.62. The first-order valence-electron chi connectivity index (χ1n) is 5.23. The molecule has 14 heavy (non-hydrogen) atoms. The molecule has 1 atom stereocenters. The molecule has 4 nitrogen and oxygen atoms in total. The summed E-state index contributed by atoms with van der Waals surface area (Å²) in [4.78, 5) is 13.2. The van der Waals surface area contributed by atoms with Crippen LogP contribution < -0.4 is 11.5 Å². The van der Waals surface area contributed by atoms with E-state index in [1.807, 2.05) is 6.92 Å². The first-order chi connectivity index (χ1) is 6.40. The van der Waals surface area contributed by atoms with Crippen molar-refractivity contribution < 1.29 is 4.79 Å². The van der Waals surface area contributed by atoms with Gasteiger partial charge in [-0.1, -0.05) is 20.8 Å². The van der Waals surface area contributed by atoms with E-state index in [2.05, 4.69) is 18.7 Å². The molecule has 1 aliphatic heterocycles. The maximum absolute atomic E-state index is 11.1. The van der Waals surface area contributed by atoms with E-state index in [0.717, 1.165) is 19.5 Å². The number of likely N-dealkylation sites (tertiary alicyclic amines) is 1. The van der Waals surface area contributed by atoms with Crippen LogP contribution in [0.4, 0.5) is 0 Å². The van der Waals surface area contributed by atoms with Gasteiger partial charge in [0.2, 0.25) is 5.91 Å². The fourth-order valence-electron chi connectivity index (χ4n) is 1.93. The second kappa shape index (κ2) is 3.87. The SMILES string of the molecule is CCC(C(N)=O)N1CC(N)(C(C)C)C1. The Morgan fingerprint density at radius 2 is 2.00 bits per heavy atom. The highest BCUT2D eigenvalue weighted by Gasteiger charge is 2.45. The van der Waals surface area contributed by atoms with Crippen molar-refractivity contribution in [2.75, 3.05) is 13.1 Å². The summed E-state index contributed by atoms with van der Waals surface area (Å²) in [5.74, 6) is 0.211. The summed E-state index contributed by atoms with van der Waals surface area (Å²) < 4.78 is 0. The van der Waals surface area contributed by atoms with Crippen molar-refractivity contribution in [1.29, 1.82) is 0 Å². The molecule has 1 rings (SSSR count). The Bertz CT molecular complexity index is 221. The lowest BCUT2D eigenvalue weighted by atomic mass is 9.79. The van der Waals surface area contributed by atoms with Crippen LogP contribution in [0.15, 0.2) is 0 Å². The van der Waals surface area contributed by atoms with Gasteiger partial charge in [-0.25, -0.2) is 0 Å². The zero-order chi connectivity index (χ0) is 10.9. The minimum absolute atomic E-state index is 0.122. The van der Waals surface area contributed by atoms with Gasteiger partial charge in [0.25, 0.3) is 0 Å². The highest BCUT2D eigenvalue weighted by molar-refractivity contribution is 5.80. The van der Waals surface area contributed by atoms with Gasteiger partial charge in [0.05, 0.1) is 6.04 Å². The van der Waals surface area contributed by atoms with Crippen molar-refractivity contribution in [3.05, 3.63) is 0 Å². The Morgan fingerprint density at radius 1 is 1.50 bits per heavy atom. The maximum atomic E-state index is 11.1. The van der Waals surface area contributed by atoms with Crippen LogP contribution in [0.25, 0.3) is 0 Å². The minimum Gasteiger partial charge on any atom is -0.368 e. The number of carbonyl (C=O) groups excluding carboxylic acids is 1. The molecule has 1 heterocycles. The molecule has 0 bridgehead atoms. The van der Waals surface area contributed by atoms with E-state index in [1.165, 1.54) is 0 Å². The molecule has 0 aromatic heterocycles. The molecule has 1 amide bonds. The van der Waals surface area contributed by atoms with E-state index in [1.54, 1.807) is 0 Å². The Morgan fingerprint density at radius 3 is 2.29 bits per heavy atom. The zero-order valence-corrected chi connectivity index (χ0v) is 9.29. The molecule has 82 valence electrons. The fourth-order valence-corrected chi connectivity index (χ4v) is 1.93. The number of rotatable bonds is 4. The van der Waals surface area contributed by atoms with Crippen LogP contribution in [0, 0.1) is 5.92 Å². The molecule has 4 N–H and O–H groups in total. The van der Waals surface area contributed by atoms with Gasteiger partial charge in [0.1, 0.15) is 0 Å². The van der Waals surface area contributed by atoms with E-state index in [-0.39, 0.29) is 17.5 Å². The third kappa shape index (κ3) is 1.91. The largest absolute Gasteiger partial charge is 0.368 e. The molecule has 0 aromatic rings. The Balaban J connectivity index is 2.51. The van der Waals surface area contributed by atoms with Crippen molar-refractivity contribution in [3.63, 3.8) is 0 Å². The molecule has 1 saturated heterocycles. The smallest absolute Gasteiger partial charge is 0.234 e. The van der Waals surface area contributed by atoms with Crippen LogP contribution in [0.5, 0.6) is 0 Å². The van der Waals surface area contributed by atoms with Crippen molar-refractivity contribution in [3.8, 4) is 0 Å². The summed E-state index contributed by atoms with van der Waals surface area (Å²) in [5.41, 5.74) is 11.3. The lowest BCUT2D eigenvalue weighted by molar-refractivity contribution is -0.127. The van der Waals surface area contributed by atoms with Gasteiger partial charge in [0.15, 0.2) is 0 Å². The monoisotopic (exact) mass is 199 g/mol. The molecular weight excluding hydrogens is 178 g/mol. The number of hydrogen-bond donors (Lipinski definition) is 2. The third-order valence-electron chi connectivity index (χ3n) is 3.30. The van der Waals surface area contributed by atoms with E-state index < -0.39 is 0 Å². The van der Waals surface area contributed by atoms with Crippen LogP contribution in [0.2, 0.25) is 0 Å². The van der Waals surface area contributed by atoms with Gasteiger partial charge in [-0.3, -0.25) is 9.69 Å². The molecule has 4 heteroatoms. The molecule has 0 aromatic carbocycles. The lowest BCUT2D eigenvalue weighted by Gasteiger charge is -2.52. The molecule has 0 radical (unpaired) electrons. The Hall–Kier alpha value is -0.610. The van der Waals surface area contributed by atoms with Gasteiger partial charge >= 0.3 is 0 Å². The van der Waals surface area contributed by atoms with Crippen molar-refractivity contribution in [2.45, 2.75) is 38.8 Å². The fraction of sp³-hybridized carbons (Fsp3) is 0.900. The average Bonchev–Trinajstić information content (AvgIpc) is 2.01. The van der Waals surface area contributed by atoms with E-state index in [4.69, 9.17) is 11.5 Å². The first-order valence-corrected chi connectivity index (χ1v) is 5.23. The van der Waals surface area contributed by atoms with Crippen LogP contribution in [0.1, 0.15) is 27.2 Å². The number of hydrogen-bond acceptors (Lipinski definition) is 3. The normalized spacial score (nSPS) is 23.2. The van der Waals surface area contributed by atoms with Gasteiger partial charge < -0.3 is 11.5 Å². The Kier molecular flexibility index (Phi) is 3.17. The predicted octanol–water partition coefficient (Wildman–Crippen LogP) is -0.0806. The Labute approximate surface area is 85.6 Å². The number of nitrogens with zero attached hydrogens (tertiary/aromatic N) is 1. The van der Waals surface area contributed by atoms with Crippen molar-refractivity contribution >= 4 is 5.91 Å². The number of primary amides is 1. The summed E-state index contributed by atoms with van der Waals surface area (Å²) in [6, 6.07) is -0.134. The van der Waals surface area contributed by atoms with Crippen LogP contribution >= 0.6 is 0 Å². The van der Waals surface area contributed by atoms with Gasteiger partial charge in [-0.15, -0.1) is 0 Å². The number of carbonyl (C=O) groups is 1. The molecule has 1 fully saturated rings. The highest BCUT2D eigenvalue weighted by Crippen LogP contribution is 2.28. The van der Waals surface area contributed by atoms with Gasteiger partial charge in [-0.2, -0.15) is 0 Å². The van der Waals surface area contributed by atoms with Gasteiger partial charge in [0, 0.05) is 18.6 Å². The number of amides is 1. The predicted molar refractivity (Wildman–Crippen MR) is 56.6 cm³/mol. The lowest BCUT2D eigenvalue weighted by Crippen LogP contribution is -2.73. The quantitative estimate of drug-likeness (QED) is 0.665. The van der Waals surface area contributed by atoms with Crippen molar-refractivity contribution in [1.82, 2.24) is 4.90 Å². The number of nitrogens with two attached hydrogens (primary N) is 2. The van der Waals surface area contributed by atoms with E-state index in [9.17, 15) is 4.79 Å². The van der Waals surface area contributed by atoms with E-state index >= 15 is 0 Å². The van der Waals surface area contributed by atoms with E-state index in [0.29, 0.717) is 5.92 Å². The summed E-state index contributed by atoms with van der Waals surface area (Å²) >= 11 is 0. The average molecular weight is 199 g/mol. The second-order valence-electron chi connectivity index (χ2n) is 4.62. The van der Waals surface area contributed by atoms with Crippen LogP contribution in [-0.2, 0) is 4.79 Å². The molecular formula is C10H21N3O. The third-order valence-corrected chi connectivity index (χ3v) is 3.30.